The summed E-state index contributed by atoms with van der Waals surface area (Å²) in [6.07, 6.45) is 5.36. The molecule has 21 heavy (non-hydrogen) atoms. The largest absolute Gasteiger partial charge is 0.494 e. The Morgan fingerprint density at radius 1 is 1.33 bits per heavy atom. The molecule has 4 heteroatoms. The number of anilines is 1. The van der Waals surface area contributed by atoms with Crippen LogP contribution in [0.2, 0.25) is 0 Å². The highest BCUT2D eigenvalue weighted by Gasteiger charge is 2.34. The summed E-state index contributed by atoms with van der Waals surface area (Å²) in [5.74, 6) is 0.747. The molecule has 0 spiro atoms. The second-order valence-corrected chi connectivity index (χ2v) is 5.99. The Morgan fingerprint density at radius 3 is 2.67 bits per heavy atom. The summed E-state index contributed by atoms with van der Waals surface area (Å²) in [5, 5.41) is 12.4. The second kappa shape index (κ2) is 6.94. The molecule has 2 rings (SSSR count). The number of amides is 1. The Morgan fingerprint density at radius 2 is 2.05 bits per heavy atom. The van der Waals surface area contributed by atoms with Crippen LogP contribution < -0.4 is 10.1 Å². The van der Waals surface area contributed by atoms with Crippen molar-refractivity contribution in [1.29, 1.82) is 0 Å². The van der Waals surface area contributed by atoms with Crippen LogP contribution in [0, 0.1) is 5.41 Å². The fraction of sp³-hybridized carbons (Fsp3) is 0.588. The number of benzene rings is 1. The molecule has 1 saturated carbocycles. The molecule has 0 aromatic heterocycles. The van der Waals surface area contributed by atoms with Crippen LogP contribution in [-0.4, -0.2) is 17.6 Å². The van der Waals surface area contributed by atoms with Crippen molar-refractivity contribution in [1.82, 2.24) is 0 Å². The van der Waals surface area contributed by atoms with Gasteiger partial charge in [-0.05, 0) is 38.0 Å². The summed E-state index contributed by atoms with van der Waals surface area (Å²) >= 11 is 0. The lowest BCUT2D eigenvalue weighted by Crippen LogP contribution is -2.35. The fourth-order valence-electron chi connectivity index (χ4n) is 2.92. The molecule has 1 aliphatic rings. The molecule has 1 fully saturated rings. The van der Waals surface area contributed by atoms with Crippen molar-refractivity contribution in [3.63, 3.8) is 0 Å². The lowest BCUT2D eigenvalue weighted by atomic mass is 9.75. The van der Waals surface area contributed by atoms with Crippen LogP contribution in [0.15, 0.2) is 18.2 Å². The Bertz CT molecular complexity index is 493. The molecular weight excluding hydrogens is 266 g/mol. The number of hydrogen-bond acceptors (Lipinski definition) is 3. The van der Waals surface area contributed by atoms with Crippen LogP contribution in [0.5, 0.6) is 5.75 Å². The van der Waals surface area contributed by atoms with Gasteiger partial charge in [-0.15, -0.1) is 0 Å². The van der Waals surface area contributed by atoms with E-state index in [0.29, 0.717) is 17.9 Å². The molecule has 116 valence electrons. The molecule has 1 aliphatic carbocycles. The number of rotatable bonds is 5. The van der Waals surface area contributed by atoms with E-state index >= 15 is 0 Å². The van der Waals surface area contributed by atoms with Gasteiger partial charge in [0.2, 0.25) is 5.91 Å². The lowest BCUT2D eigenvalue weighted by molar-refractivity contribution is -0.126. The molecule has 1 amide bonds. The van der Waals surface area contributed by atoms with Crippen molar-refractivity contribution in [2.24, 2.45) is 5.41 Å². The Labute approximate surface area is 126 Å². The van der Waals surface area contributed by atoms with Crippen LogP contribution in [-0.2, 0) is 11.4 Å². The van der Waals surface area contributed by atoms with Crippen molar-refractivity contribution in [3.8, 4) is 5.75 Å². The van der Waals surface area contributed by atoms with E-state index in [9.17, 15) is 9.90 Å². The zero-order valence-corrected chi connectivity index (χ0v) is 12.9. The number of nitrogens with one attached hydrogen (secondary N) is 1. The number of ether oxygens (including phenoxy) is 1. The third kappa shape index (κ3) is 3.76. The highest BCUT2D eigenvalue weighted by atomic mass is 16.5. The third-order valence-corrected chi connectivity index (χ3v) is 4.29. The second-order valence-electron chi connectivity index (χ2n) is 5.99. The van der Waals surface area contributed by atoms with Crippen LogP contribution in [0.25, 0.3) is 0 Å². The van der Waals surface area contributed by atoms with Gasteiger partial charge in [-0.1, -0.05) is 26.2 Å². The predicted octanol–water partition coefficient (Wildman–Crippen LogP) is 3.49. The van der Waals surface area contributed by atoms with Gasteiger partial charge in [-0.25, -0.2) is 0 Å². The molecule has 0 atom stereocenters. The van der Waals surface area contributed by atoms with E-state index < -0.39 is 0 Å². The number of carbonyl (C=O) groups is 1. The monoisotopic (exact) mass is 291 g/mol. The predicted molar refractivity (Wildman–Crippen MR) is 83.4 cm³/mol. The van der Waals surface area contributed by atoms with E-state index in [1.807, 2.05) is 19.9 Å². The van der Waals surface area contributed by atoms with Crippen molar-refractivity contribution in [2.45, 2.75) is 52.6 Å². The van der Waals surface area contributed by atoms with Gasteiger partial charge in [0.05, 0.1) is 13.2 Å². The van der Waals surface area contributed by atoms with Crippen LogP contribution in [0.1, 0.15) is 51.5 Å². The van der Waals surface area contributed by atoms with Gasteiger partial charge in [0.25, 0.3) is 0 Å². The molecule has 2 N–H and O–H groups in total. The first kappa shape index (κ1) is 15.8. The Kier molecular flexibility index (Phi) is 5.23. The van der Waals surface area contributed by atoms with Gasteiger partial charge in [0.1, 0.15) is 5.75 Å². The van der Waals surface area contributed by atoms with E-state index in [1.165, 1.54) is 6.42 Å². The smallest absolute Gasteiger partial charge is 0.230 e. The van der Waals surface area contributed by atoms with Crippen molar-refractivity contribution in [3.05, 3.63) is 23.8 Å². The van der Waals surface area contributed by atoms with Gasteiger partial charge in [0, 0.05) is 16.7 Å². The number of aliphatic hydroxyl groups is 1. The fourth-order valence-corrected chi connectivity index (χ4v) is 2.92. The van der Waals surface area contributed by atoms with Crippen LogP contribution >= 0.6 is 0 Å². The molecule has 1 aromatic rings. The standard InChI is InChI=1S/C17H25NO3/c1-3-21-15-8-7-14(11-13(15)12-19)18-16(20)17(2)9-5-4-6-10-17/h7-8,11,19H,3-6,9-10,12H2,1-2H3,(H,18,20). The maximum atomic E-state index is 12.5. The van der Waals surface area contributed by atoms with Crippen molar-refractivity contribution < 1.29 is 14.6 Å². The average Bonchev–Trinajstić information content (AvgIpc) is 2.49. The average molecular weight is 291 g/mol. The molecule has 0 radical (unpaired) electrons. The molecule has 0 heterocycles. The topological polar surface area (TPSA) is 58.6 Å². The van der Waals surface area contributed by atoms with E-state index in [2.05, 4.69) is 5.32 Å². The summed E-state index contributed by atoms with van der Waals surface area (Å²) in [5.41, 5.74) is 1.15. The van der Waals surface area contributed by atoms with Gasteiger partial charge < -0.3 is 15.2 Å². The van der Waals surface area contributed by atoms with Crippen LogP contribution in [0.4, 0.5) is 5.69 Å². The molecule has 1 aromatic carbocycles. The zero-order valence-electron chi connectivity index (χ0n) is 12.9. The molecular formula is C17H25NO3. The molecule has 0 unspecified atom stereocenters. The minimum atomic E-state index is -0.268. The highest BCUT2D eigenvalue weighted by molar-refractivity contribution is 5.95. The quantitative estimate of drug-likeness (QED) is 0.873. The summed E-state index contributed by atoms with van der Waals surface area (Å²) in [7, 11) is 0. The number of aliphatic hydroxyl groups excluding tert-OH is 1. The van der Waals surface area contributed by atoms with E-state index in [1.54, 1.807) is 12.1 Å². The third-order valence-electron chi connectivity index (χ3n) is 4.29. The first-order valence-corrected chi connectivity index (χ1v) is 7.77. The summed E-state index contributed by atoms with van der Waals surface area (Å²) in [6.45, 7) is 4.40. The summed E-state index contributed by atoms with van der Waals surface area (Å²) in [6, 6.07) is 5.41. The summed E-state index contributed by atoms with van der Waals surface area (Å²) in [4.78, 5) is 12.5. The number of hydrogen-bond donors (Lipinski definition) is 2. The minimum Gasteiger partial charge on any atom is -0.494 e. The van der Waals surface area contributed by atoms with Crippen molar-refractivity contribution >= 4 is 11.6 Å². The Hall–Kier alpha value is -1.55. The summed E-state index contributed by atoms with van der Waals surface area (Å²) < 4.78 is 5.45. The maximum absolute atomic E-state index is 12.5. The molecule has 0 aliphatic heterocycles. The molecule has 0 saturated heterocycles. The van der Waals surface area contributed by atoms with E-state index in [4.69, 9.17) is 4.74 Å². The van der Waals surface area contributed by atoms with Gasteiger partial charge in [0.15, 0.2) is 0 Å². The van der Waals surface area contributed by atoms with E-state index in [-0.39, 0.29) is 17.9 Å². The normalized spacial score (nSPS) is 17.3. The van der Waals surface area contributed by atoms with Gasteiger partial charge >= 0.3 is 0 Å². The zero-order chi connectivity index (χ0) is 15.3. The minimum absolute atomic E-state index is 0.0789. The van der Waals surface area contributed by atoms with E-state index in [0.717, 1.165) is 31.4 Å². The maximum Gasteiger partial charge on any atom is 0.230 e. The number of carbonyl (C=O) groups excluding carboxylic acids is 1. The highest BCUT2D eigenvalue weighted by Crippen LogP contribution is 2.37. The Balaban J connectivity index is 2.10. The first-order chi connectivity index (χ1) is 10.1. The molecule has 4 nitrogen and oxygen atoms in total. The first-order valence-electron chi connectivity index (χ1n) is 7.77. The van der Waals surface area contributed by atoms with Gasteiger partial charge in [-0.2, -0.15) is 0 Å². The van der Waals surface area contributed by atoms with Crippen LogP contribution in [0.3, 0.4) is 0 Å². The van der Waals surface area contributed by atoms with Gasteiger partial charge in [-0.3, -0.25) is 4.79 Å². The SMILES string of the molecule is CCOc1ccc(NC(=O)C2(C)CCCCC2)cc1CO. The van der Waals surface area contributed by atoms with Crippen molar-refractivity contribution in [2.75, 3.05) is 11.9 Å². The lowest BCUT2D eigenvalue weighted by Gasteiger charge is -2.32. The molecule has 0 bridgehead atoms.